The number of carbonyl (C=O) groups excluding carboxylic acids is 2. The molecule has 0 aliphatic heterocycles. The quantitative estimate of drug-likeness (QED) is 0.830. The molecule has 0 unspecified atom stereocenters. The van der Waals surface area contributed by atoms with Crippen LogP contribution in [0.4, 0.5) is 4.39 Å². The number of rotatable bonds is 5. The lowest BCUT2D eigenvalue weighted by Crippen LogP contribution is -2.20. The Labute approximate surface area is 140 Å². The zero-order valence-electron chi connectivity index (χ0n) is 13.6. The van der Waals surface area contributed by atoms with Gasteiger partial charge in [0.2, 0.25) is 5.91 Å². The van der Waals surface area contributed by atoms with Crippen LogP contribution in [0.15, 0.2) is 48.5 Å². The fourth-order valence-corrected chi connectivity index (χ4v) is 2.06. The largest absolute Gasteiger partial charge is 0.355 e. The number of hydrogen-bond acceptors (Lipinski definition) is 2. The topological polar surface area (TPSA) is 58.2 Å². The van der Waals surface area contributed by atoms with Crippen molar-refractivity contribution in [3.63, 3.8) is 0 Å². The summed E-state index contributed by atoms with van der Waals surface area (Å²) in [6, 6.07) is 11.8. The van der Waals surface area contributed by atoms with E-state index in [0.717, 1.165) is 5.56 Å². The molecule has 0 saturated carbocycles. The zero-order chi connectivity index (χ0) is 17.5. The van der Waals surface area contributed by atoms with Crippen LogP contribution in [0.3, 0.4) is 0 Å². The van der Waals surface area contributed by atoms with Crippen LogP contribution >= 0.6 is 0 Å². The first-order chi connectivity index (χ1) is 11.5. The molecule has 0 aliphatic rings. The smallest absolute Gasteiger partial charge is 0.251 e. The fraction of sp³-hybridized carbons (Fsp3) is 0.158. The van der Waals surface area contributed by atoms with Crippen LogP contribution in [-0.4, -0.2) is 18.9 Å². The number of carbonyl (C=O) groups is 2. The van der Waals surface area contributed by atoms with E-state index in [9.17, 15) is 14.0 Å². The minimum absolute atomic E-state index is 0.159. The number of aryl methyl sites for hydroxylation is 1. The molecule has 0 aliphatic carbocycles. The van der Waals surface area contributed by atoms with Crippen molar-refractivity contribution in [1.29, 1.82) is 0 Å². The maximum absolute atomic E-state index is 13.4. The molecule has 0 bridgehead atoms. The molecule has 0 aromatic heterocycles. The third-order valence-electron chi connectivity index (χ3n) is 3.53. The summed E-state index contributed by atoms with van der Waals surface area (Å²) in [5.74, 6) is -0.714. The van der Waals surface area contributed by atoms with E-state index >= 15 is 0 Å². The number of nitrogens with one attached hydrogen (secondary N) is 2. The average molecular weight is 326 g/mol. The van der Waals surface area contributed by atoms with E-state index in [-0.39, 0.29) is 24.2 Å². The Balaban J connectivity index is 1.90. The highest BCUT2D eigenvalue weighted by molar-refractivity contribution is 5.94. The van der Waals surface area contributed by atoms with Gasteiger partial charge in [0.15, 0.2) is 0 Å². The van der Waals surface area contributed by atoms with Gasteiger partial charge in [-0.2, -0.15) is 0 Å². The Kier molecular flexibility index (Phi) is 5.84. The van der Waals surface area contributed by atoms with Gasteiger partial charge in [0.05, 0.1) is 0 Å². The number of benzene rings is 2. The van der Waals surface area contributed by atoms with E-state index in [1.807, 2.05) is 0 Å². The summed E-state index contributed by atoms with van der Waals surface area (Å²) >= 11 is 0. The van der Waals surface area contributed by atoms with E-state index in [4.69, 9.17) is 0 Å². The second-order valence-corrected chi connectivity index (χ2v) is 5.34. The van der Waals surface area contributed by atoms with Crippen molar-refractivity contribution < 1.29 is 14.0 Å². The predicted molar refractivity (Wildman–Crippen MR) is 91.8 cm³/mol. The highest BCUT2D eigenvalue weighted by Gasteiger charge is 2.02. The maximum atomic E-state index is 13.4. The lowest BCUT2D eigenvalue weighted by Gasteiger charge is -2.04. The Morgan fingerprint density at radius 2 is 1.83 bits per heavy atom. The van der Waals surface area contributed by atoms with Crippen LogP contribution in [0.25, 0.3) is 6.08 Å². The fourth-order valence-electron chi connectivity index (χ4n) is 2.06. The Morgan fingerprint density at radius 1 is 1.12 bits per heavy atom. The van der Waals surface area contributed by atoms with E-state index in [1.54, 1.807) is 56.4 Å². The standard InChI is InChI=1S/C19H19FN2O2/c1-13-3-4-15(11-17(13)20)12-22-18(23)10-7-14-5-8-16(9-6-14)19(24)21-2/h3-11H,12H2,1-2H3,(H,21,24)(H,22,23)/b10-7+. The van der Waals surface area contributed by atoms with Crippen LogP contribution in [-0.2, 0) is 11.3 Å². The summed E-state index contributed by atoms with van der Waals surface area (Å²) < 4.78 is 13.4. The van der Waals surface area contributed by atoms with Crippen LogP contribution in [0.2, 0.25) is 0 Å². The van der Waals surface area contributed by atoms with Crippen LogP contribution in [0, 0.1) is 12.7 Å². The van der Waals surface area contributed by atoms with Gasteiger partial charge in [0, 0.05) is 25.2 Å². The highest BCUT2D eigenvalue weighted by Crippen LogP contribution is 2.09. The molecule has 0 fully saturated rings. The molecule has 2 N–H and O–H groups in total. The van der Waals surface area contributed by atoms with Crippen LogP contribution in [0.5, 0.6) is 0 Å². The molecule has 0 heterocycles. The Hall–Kier alpha value is -2.95. The number of amides is 2. The van der Waals surface area contributed by atoms with Gasteiger partial charge >= 0.3 is 0 Å². The Bertz CT molecular complexity index is 767. The second kappa shape index (κ2) is 8.06. The average Bonchev–Trinajstić information content (AvgIpc) is 2.60. The van der Waals surface area contributed by atoms with Gasteiger partial charge in [-0.3, -0.25) is 9.59 Å². The van der Waals surface area contributed by atoms with Crippen molar-refractivity contribution in [3.05, 3.63) is 76.6 Å². The molecule has 0 spiro atoms. The summed E-state index contributed by atoms with van der Waals surface area (Å²) in [6.45, 7) is 1.95. The first-order valence-electron chi connectivity index (χ1n) is 7.52. The molecule has 0 radical (unpaired) electrons. The van der Waals surface area contributed by atoms with E-state index in [0.29, 0.717) is 16.7 Å². The third kappa shape index (κ3) is 4.78. The monoisotopic (exact) mass is 326 g/mol. The third-order valence-corrected chi connectivity index (χ3v) is 3.53. The molecule has 24 heavy (non-hydrogen) atoms. The molecule has 2 aromatic carbocycles. The van der Waals surface area contributed by atoms with Gasteiger partial charge in [0.1, 0.15) is 5.82 Å². The van der Waals surface area contributed by atoms with Gasteiger partial charge in [-0.15, -0.1) is 0 Å². The van der Waals surface area contributed by atoms with Gasteiger partial charge < -0.3 is 10.6 Å². The Morgan fingerprint density at radius 3 is 2.46 bits per heavy atom. The highest BCUT2D eigenvalue weighted by atomic mass is 19.1. The van der Waals surface area contributed by atoms with E-state index in [1.165, 1.54) is 12.1 Å². The predicted octanol–water partition coefficient (Wildman–Crippen LogP) is 2.82. The van der Waals surface area contributed by atoms with Crippen molar-refractivity contribution in [1.82, 2.24) is 10.6 Å². The lowest BCUT2D eigenvalue weighted by atomic mass is 10.1. The second-order valence-electron chi connectivity index (χ2n) is 5.34. The van der Waals surface area contributed by atoms with E-state index < -0.39 is 0 Å². The van der Waals surface area contributed by atoms with Crippen molar-refractivity contribution in [2.45, 2.75) is 13.5 Å². The summed E-state index contributed by atoms with van der Waals surface area (Å²) in [5, 5.41) is 5.24. The molecule has 2 rings (SSSR count). The van der Waals surface area contributed by atoms with Crippen LogP contribution < -0.4 is 10.6 Å². The van der Waals surface area contributed by atoms with Crippen LogP contribution in [0.1, 0.15) is 27.0 Å². The molecule has 4 nitrogen and oxygen atoms in total. The van der Waals surface area contributed by atoms with Crippen molar-refractivity contribution in [2.24, 2.45) is 0 Å². The SMILES string of the molecule is CNC(=O)c1ccc(/C=C/C(=O)NCc2ccc(C)c(F)c2)cc1. The maximum Gasteiger partial charge on any atom is 0.251 e. The van der Waals surface area contributed by atoms with E-state index in [2.05, 4.69) is 10.6 Å². The minimum atomic E-state index is -0.284. The van der Waals surface area contributed by atoms with Crippen molar-refractivity contribution in [2.75, 3.05) is 7.05 Å². The summed E-state index contributed by atoms with van der Waals surface area (Å²) in [5.41, 5.74) is 2.64. The molecular formula is C19H19FN2O2. The lowest BCUT2D eigenvalue weighted by molar-refractivity contribution is -0.116. The number of hydrogen-bond donors (Lipinski definition) is 2. The van der Waals surface area contributed by atoms with Gasteiger partial charge in [0.25, 0.3) is 5.91 Å². The summed E-state index contributed by atoms with van der Waals surface area (Å²) in [7, 11) is 1.57. The first-order valence-corrected chi connectivity index (χ1v) is 7.52. The molecule has 124 valence electrons. The van der Waals surface area contributed by atoms with Gasteiger partial charge in [-0.25, -0.2) is 4.39 Å². The van der Waals surface area contributed by atoms with Gasteiger partial charge in [-0.05, 0) is 47.9 Å². The summed E-state index contributed by atoms with van der Waals surface area (Å²) in [6.07, 6.45) is 3.05. The van der Waals surface area contributed by atoms with Crippen molar-refractivity contribution in [3.8, 4) is 0 Å². The minimum Gasteiger partial charge on any atom is -0.355 e. The van der Waals surface area contributed by atoms with Crippen molar-refractivity contribution >= 4 is 17.9 Å². The molecular weight excluding hydrogens is 307 g/mol. The molecule has 0 atom stereocenters. The molecule has 5 heteroatoms. The van der Waals surface area contributed by atoms with Gasteiger partial charge in [-0.1, -0.05) is 24.3 Å². The summed E-state index contributed by atoms with van der Waals surface area (Å²) in [4.78, 5) is 23.2. The molecule has 2 amide bonds. The normalized spacial score (nSPS) is 10.6. The molecule has 2 aromatic rings. The zero-order valence-corrected chi connectivity index (χ0v) is 13.6. The molecule has 0 saturated heterocycles. The number of halogens is 1. The first kappa shape index (κ1) is 17.4.